The van der Waals surface area contributed by atoms with Crippen LogP contribution in [0, 0.1) is 8.34 Å². The maximum atomic E-state index is 4.96. The minimum absolute atomic E-state index is 0.484. The van der Waals surface area contributed by atoms with Gasteiger partial charge in [-0.1, -0.05) is 18.2 Å². The number of hydrogen-bond donors (Lipinski definition) is 1. The lowest BCUT2D eigenvalue weighted by molar-refractivity contribution is 0.862. The molecule has 0 fully saturated rings. The van der Waals surface area contributed by atoms with Crippen LogP contribution in [0.25, 0.3) is 0 Å². The molecule has 15 heavy (non-hydrogen) atoms. The molecule has 1 heterocycles. The molecule has 0 atom stereocenters. The van der Waals surface area contributed by atoms with Crippen molar-refractivity contribution in [2.24, 2.45) is 5.10 Å². The molecule has 0 spiro atoms. The highest BCUT2D eigenvalue weighted by molar-refractivity contribution is 14.1. The number of nitrogens with zero attached hydrogens (tertiary/aromatic N) is 3. The zero-order valence-corrected chi connectivity index (χ0v) is 10.6. The average molecular weight is 330 g/mol. The molecular formula is C9H7IN4S. The molecular weight excluding hydrogens is 323 g/mol. The average Bonchev–Trinajstić information content (AvgIpc) is 2.63. The van der Waals surface area contributed by atoms with Crippen LogP contribution in [0.2, 0.25) is 0 Å². The highest BCUT2D eigenvalue weighted by atomic mass is 127. The van der Waals surface area contributed by atoms with E-state index >= 15 is 0 Å². The van der Waals surface area contributed by atoms with Crippen molar-refractivity contribution in [2.75, 3.05) is 0 Å². The molecule has 6 heteroatoms. The number of halogens is 1. The number of nitrogens with one attached hydrogen (secondary N) is 1. The molecule has 0 saturated heterocycles. The second-order valence-electron chi connectivity index (χ2n) is 2.77. The Morgan fingerprint density at radius 3 is 2.93 bits per heavy atom. The minimum Gasteiger partial charge on any atom is -0.250 e. The lowest BCUT2D eigenvalue weighted by Gasteiger charge is -1.95. The topological polar surface area (TPSA) is 46.0 Å². The lowest BCUT2D eigenvalue weighted by Crippen LogP contribution is -1.91. The van der Waals surface area contributed by atoms with Gasteiger partial charge in [0.05, 0.1) is 6.21 Å². The maximum Gasteiger partial charge on any atom is 0.216 e. The Kier molecular flexibility index (Phi) is 3.27. The second-order valence-corrected chi connectivity index (χ2v) is 4.32. The summed E-state index contributed by atoms with van der Waals surface area (Å²) in [5, 5.41) is 10.6. The molecule has 0 saturated carbocycles. The molecule has 2 rings (SSSR count). The summed E-state index contributed by atoms with van der Waals surface area (Å²) >= 11 is 7.22. The van der Waals surface area contributed by atoms with Crippen molar-refractivity contribution in [1.29, 1.82) is 0 Å². The standard InChI is InChI=1S/C9H7IN4S/c10-8-4-2-1-3-7(8)5-12-14-6-11-13-9(14)15/h1-6H,(H,13,15)/b12-5-. The van der Waals surface area contributed by atoms with E-state index in [-0.39, 0.29) is 0 Å². The van der Waals surface area contributed by atoms with Crippen molar-refractivity contribution in [3.8, 4) is 0 Å². The van der Waals surface area contributed by atoms with Crippen molar-refractivity contribution in [3.63, 3.8) is 0 Å². The molecule has 2 aromatic rings. The fourth-order valence-corrected chi connectivity index (χ4v) is 1.70. The van der Waals surface area contributed by atoms with Crippen LogP contribution < -0.4 is 0 Å². The largest absolute Gasteiger partial charge is 0.250 e. The Balaban J connectivity index is 2.30. The van der Waals surface area contributed by atoms with Crippen LogP contribution in [0.5, 0.6) is 0 Å². The quantitative estimate of drug-likeness (QED) is 0.522. The van der Waals surface area contributed by atoms with E-state index in [0.717, 1.165) is 9.13 Å². The van der Waals surface area contributed by atoms with Crippen molar-refractivity contribution in [1.82, 2.24) is 14.9 Å². The first-order valence-corrected chi connectivity index (χ1v) is 5.67. The number of benzene rings is 1. The molecule has 0 aliphatic carbocycles. The van der Waals surface area contributed by atoms with Gasteiger partial charge in [-0.3, -0.25) is 5.10 Å². The van der Waals surface area contributed by atoms with E-state index in [1.165, 1.54) is 11.0 Å². The Bertz CT molecular complexity index is 543. The smallest absolute Gasteiger partial charge is 0.216 e. The summed E-state index contributed by atoms with van der Waals surface area (Å²) in [6.45, 7) is 0. The van der Waals surface area contributed by atoms with Crippen LogP contribution in [0.3, 0.4) is 0 Å². The van der Waals surface area contributed by atoms with E-state index < -0.39 is 0 Å². The predicted molar refractivity (Wildman–Crippen MR) is 69.6 cm³/mol. The van der Waals surface area contributed by atoms with Gasteiger partial charge in [-0.2, -0.15) is 14.9 Å². The molecule has 76 valence electrons. The van der Waals surface area contributed by atoms with Gasteiger partial charge in [0.15, 0.2) is 0 Å². The van der Waals surface area contributed by atoms with Gasteiger partial charge >= 0.3 is 0 Å². The van der Waals surface area contributed by atoms with Gasteiger partial charge in [0, 0.05) is 9.13 Å². The fourth-order valence-electron chi connectivity index (χ4n) is 1.03. The third kappa shape index (κ3) is 2.51. The molecule has 0 unspecified atom stereocenters. The van der Waals surface area contributed by atoms with E-state index in [0.29, 0.717) is 4.77 Å². The number of aromatic amines is 1. The van der Waals surface area contributed by atoms with E-state index in [9.17, 15) is 0 Å². The van der Waals surface area contributed by atoms with Gasteiger partial charge in [-0.15, -0.1) is 0 Å². The summed E-state index contributed by atoms with van der Waals surface area (Å²) in [6, 6.07) is 7.98. The molecule has 1 aromatic carbocycles. The minimum atomic E-state index is 0.484. The fraction of sp³-hybridized carbons (Fsp3) is 0. The summed E-state index contributed by atoms with van der Waals surface area (Å²) in [5.74, 6) is 0. The van der Waals surface area contributed by atoms with Crippen molar-refractivity contribution >= 4 is 41.0 Å². The van der Waals surface area contributed by atoms with Crippen LogP contribution in [0.4, 0.5) is 0 Å². The molecule has 1 aromatic heterocycles. The van der Waals surface area contributed by atoms with E-state index in [2.05, 4.69) is 37.9 Å². The van der Waals surface area contributed by atoms with Gasteiger partial charge in [0.1, 0.15) is 6.33 Å². The summed E-state index contributed by atoms with van der Waals surface area (Å²) in [6.07, 6.45) is 3.29. The van der Waals surface area contributed by atoms with Gasteiger partial charge in [-0.05, 0) is 40.9 Å². The van der Waals surface area contributed by atoms with Crippen LogP contribution in [0.15, 0.2) is 35.7 Å². The molecule has 0 amide bonds. The predicted octanol–water partition coefficient (Wildman–Crippen LogP) is 2.43. The highest BCUT2D eigenvalue weighted by Crippen LogP contribution is 2.08. The third-order valence-electron chi connectivity index (χ3n) is 1.76. The van der Waals surface area contributed by atoms with Gasteiger partial charge in [0.2, 0.25) is 4.77 Å². The highest BCUT2D eigenvalue weighted by Gasteiger charge is 1.94. The Hall–Kier alpha value is -1.02. The van der Waals surface area contributed by atoms with Crippen LogP contribution >= 0.6 is 34.8 Å². The molecule has 4 nitrogen and oxygen atoms in total. The SMILES string of the molecule is S=c1[nH]ncn1/N=C\c1ccccc1I. The lowest BCUT2D eigenvalue weighted by atomic mass is 10.2. The molecule has 0 radical (unpaired) electrons. The Morgan fingerprint density at radius 1 is 1.47 bits per heavy atom. The van der Waals surface area contributed by atoms with Crippen LogP contribution in [-0.4, -0.2) is 21.1 Å². The Morgan fingerprint density at radius 2 is 2.27 bits per heavy atom. The molecule has 0 aliphatic rings. The molecule has 0 bridgehead atoms. The number of rotatable bonds is 2. The van der Waals surface area contributed by atoms with E-state index in [1.54, 1.807) is 6.21 Å². The second kappa shape index (κ2) is 4.67. The monoisotopic (exact) mass is 330 g/mol. The van der Waals surface area contributed by atoms with Crippen molar-refractivity contribution < 1.29 is 0 Å². The first-order chi connectivity index (χ1) is 7.27. The van der Waals surface area contributed by atoms with E-state index in [1.807, 2.05) is 24.3 Å². The first-order valence-electron chi connectivity index (χ1n) is 4.18. The summed E-state index contributed by atoms with van der Waals surface area (Å²) in [5.41, 5.74) is 1.06. The van der Waals surface area contributed by atoms with Crippen molar-refractivity contribution in [2.45, 2.75) is 0 Å². The molecule has 1 N–H and O–H groups in total. The normalized spacial score (nSPS) is 11.0. The summed E-state index contributed by atoms with van der Waals surface area (Å²) < 4.78 is 3.14. The summed E-state index contributed by atoms with van der Waals surface area (Å²) in [7, 11) is 0. The van der Waals surface area contributed by atoms with Crippen LogP contribution in [-0.2, 0) is 0 Å². The zero-order chi connectivity index (χ0) is 10.7. The first kappa shape index (κ1) is 10.5. The Labute approximate surface area is 105 Å². The third-order valence-corrected chi connectivity index (χ3v) is 3.02. The van der Waals surface area contributed by atoms with Gasteiger partial charge in [-0.25, -0.2) is 0 Å². The van der Waals surface area contributed by atoms with Crippen molar-refractivity contribution in [3.05, 3.63) is 44.5 Å². The molecule has 0 aliphatic heterocycles. The number of H-pyrrole nitrogens is 1. The number of aromatic nitrogens is 3. The van der Waals surface area contributed by atoms with Gasteiger partial charge < -0.3 is 0 Å². The number of hydrogen-bond acceptors (Lipinski definition) is 3. The van der Waals surface area contributed by atoms with Crippen LogP contribution in [0.1, 0.15) is 5.56 Å². The maximum absolute atomic E-state index is 4.96. The zero-order valence-electron chi connectivity index (χ0n) is 7.59. The van der Waals surface area contributed by atoms with Gasteiger partial charge in [0.25, 0.3) is 0 Å². The summed E-state index contributed by atoms with van der Waals surface area (Å²) in [4.78, 5) is 0. The van der Waals surface area contributed by atoms with E-state index in [4.69, 9.17) is 12.2 Å².